The van der Waals surface area contributed by atoms with Crippen LogP contribution < -0.4 is 0 Å². The van der Waals surface area contributed by atoms with Gasteiger partial charge in [0, 0.05) is 7.26 Å². The van der Waals surface area contributed by atoms with Crippen LogP contribution in [0.1, 0.15) is 14.2 Å². The molecule has 0 fully saturated rings. The first-order valence-electron chi connectivity index (χ1n) is 4.88. The van der Waals surface area contributed by atoms with E-state index in [9.17, 15) is 9.59 Å². The molecule has 0 spiro atoms. The zero-order valence-corrected chi connectivity index (χ0v) is 8.28. The average Bonchev–Trinajstić information content (AvgIpc) is 2.65. The molecule has 4 nitrogen and oxygen atoms in total. The maximum Gasteiger partial charge on any atom is 0.320 e. The highest BCUT2D eigenvalue weighted by Crippen LogP contribution is 2.27. The largest absolute Gasteiger partial charge is 0.468 e. The van der Waals surface area contributed by atoms with Crippen LogP contribution in [-0.2, 0) is 19.1 Å². The number of carbonyl (C=O) groups excluding carboxylic acids is 2. The van der Waals surface area contributed by atoms with Gasteiger partial charge in [-0.1, -0.05) is 12.2 Å². The van der Waals surface area contributed by atoms with Gasteiger partial charge in [-0.15, -0.1) is 0 Å². The van der Waals surface area contributed by atoms with Gasteiger partial charge in [0.05, 0.1) is 14.2 Å². The fourth-order valence-corrected chi connectivity index (χ4v) is 1.44. The Balaban J connectivity index is 2.95. The minimum absolute atomic E-state index is 0.432. The third kappa shape index (κ3) is 2.13. The number of rotatable bonds is 3. The number of methoxy groups -OCH3 is 2. The molecule has 0 heterocycles. The van der Waals surface area contributed by atoms with E-state index in [1.165, 1.54) is 14.2 Å². The molecule has 0 amide bonds. The summed E-state index contributed by atoms with van der Waals surface area (Å²) in [5.74, 6) is -3.85. The first-order valence-corrected chi connectivity index (χ1v) is 4.38. The smallest absolute Gasteiger partial charge is 0.320 e. The number of esters is 2. The van der Waals surface area contributed by atoms with Crippen molar-refractivity contribution in [2.45, 2.75) is 12.8 Å². The Kier molecular flexibility index (Phi) is 3.16. The summed E-state index contributed by atoms with van der Waals surface area (Å²) < 4.78 is 17.1. The van der Waals surface area contributed by atoms with E-state index in [1.807, 2.05) is 0 Å². The lowest BCUT2D eigenvalue weighted by molar-refractivity contribution is -0.160. The van der Waals surface area contributed by atoms with Crippen LogP contribution in [0.4, 0.5) is 0 Å². The molecule has 0 bridgehead atoms. The van der Waals surface area contributed by atoms with E-state index in [-0.39, 0.29) is 0 Å². The molecule has 0 aromatic heterocycles. The maximum atomic E-state index is 11.4. The predicted molar refractivity (Wildman–Crippen MR) is 49.4 cm³/mol. The summed E-state index contributed by atoms with van der Waals surface area (Å²) in [6.07, 6.45) is 4.47. The molecular weight excluding hydrogens is 184 g/mol. The van der Waals surface area contributed by atoms with Crippen LogP contribution in [0.25, 0.3) is 0 Å². The fraction of sp³-hybridized carbons (Fsp3) is 0.600. The highest BCUT2D eigenvalue weighted by Gasteiger charge is 2.36. The summed E-state index contributed by atoms with van der Waals surface area (Å²) in [5.41, 5.74) is 0. The van der Waals surface area contributed by atoms with Gasteiger partial charge in [0.1, 0.15) is 0 Å². The van der Waals surface area contributed by atoms with Gasteiger partial charge < -0.3 is 9.47 Å². The molecule has 0 saturated heterocycles. The molecule has 78 valence electrons. The van der Waals surface area contributed by atoms with Gasteiger partial charge >= 0.3 is 11.9 Å². The van der Waals surface area contributed by atoms with E-state index >= 15 is 0 Å². The normalized spacial score (nSPS) is 26.1. The number of allylic oxidation sites excluding steroid dienone is 2. The standard InChI is InChI=1S/C10H14O4/c1-13-9(11)8(10(12)14-2)7-5-3-4-6-7/h3,5,7-8H,4,6H2,1-2H3/i7D. The zero-order valence-electron chi connectivity index (χ0n) is 9.28. The summed E-state index contributed by atoms with van der Waals surface area (Å²) in [6, 6.07) is 0. The van der Waals surface area contributed by atoms with Crippen molar-refractivity contribution in [3.8, 4) is 0 Å². The van der Waals surface area contributed by atoms with E-state index in [1.54, 1.807) is 12.2 Å². The minimum Gasteiger partial charge on any atom is -0.468 e. The van der Waals surface area contributed by atoms with Crippen molar-refractivity contribution in [3.05, 3.63) is 12.2 Å². The van der Waals surface area contributed by atoms with E-state index in [0.717, 1.165) is 0 Å². The third-order valence-electron chi connectivity index (χ3n) is 2.18. The Hall–Kier alpha value is -1.32. The molecule has 1 aliphatic rings. The van der Waals surface area contributed by atoms with E-state index in [4.69, 9.17) is 1.37 Å². The van der Waals surface area contributed by atoms with Crippen molar-refractivity contribution in [1.29, 1.82) is 0 Å². The molecule has 0 radical (unpaired) electrons. The van der Waals surface area contributed by atoms with Gasteiger partial charge in [-0.2, -0.15) is 0 Å². The summed E-state index contributed by atoms with van der Waals surface area (Å²) in [6.45, 7) is 0. The van der Waals surface area contributed by atoms with Gasteiger partial charge in [0.2, 0.25) is 0 Å². The van der Waals surface area contributed by atoms with Crippen LogP contribution in [-0.4, -0.2) is 26.2 Å². The number of ether oxygens (including phenoxy) is 2. The van der Waals surface area contributed by atoms with Crippen LogP contribution in [0.5, 0.6) is 0 Å². The molecule has 1 rings (SSSR count). The molecule has 0 N–H and O–H groups in total. The van der Waals surface area contributed by atoms with Crippen molar-refractivity contribution in [1.82, 2.24) is 0 Å². The second kappa shape index (κ2) is 4.79. The average molecular weight is 199 g/mol. The van der Waals surface area contributed by atoms with Crippen LogP contribution in [0.2, 0.25) is 0 Å². The second-order valence-electron chi connectivity index (χ2n) is 3.00. The molecule has 0 saturated carbocycles. The van der Waals surface area contributed by atoms with E-state index in [2.05, 4.69) is 9.47 Å². The van der Waals surface area contributed by atoms with Gasteiger partial charge in [-0.05, 0) is 12.8 Å². The molecule has 1 unspecified atom stereocenters. The van der Waals surface area contributed by atoms with E-state index < -0.39 is 23.8 Å². The molecule has 1 aliphatic carbocycles. The molecule has 0 aromatic rings. The molecule has 4 heteroatoms. The van der Waals surface area contributed by atoms with Crippen LogP contribution >= 0.6 is 0 Å². The lowest BCUT2D eigenvalue weighted by Gasteiger charge is -2.17. The van der Waals surface area contributed by atoms with E-state index in [0.29, 0.717) is 12.8 Å². The lowest BCUT2D eigenvalue weighted by Crippen LogP contribution is -2.31. The molecule has 14 heavy (non-hydrogen) atoms. The molecule has 0 aliphatic heterocycles. The van der Waals surface area contributed by atoms with Crippen LogP contribution in [0, 0.1) is 11.8 Å². The van der Waals surface area contributed by atoms with Crippen LogP contribution in [0.15, 0.2) is 12.2 Å². The highest BCUT2D eigenvalue weighted by atomic mass is 16.5. The number of hydrogen-bond acceptors (Lipinski definition) is 4. The summed E-state index contributed by atoms with van der Waals surface area (Å²) >= 11 is 0. The topological polar surface area (TPSA) is 52.6 Å². The third-order valence-corrected chi connectivity index (χ3v) is 2.18. The van der Waals surface area contributed by atoms with Crippen molar-refractivity contribution >= 4 is 11.9 Å². The number of hydrogen-bond donors (Lipinski definition) is 0. The summed E-state index contributed by atoms with van der Waals surface area (Å²) in [7, 11) is 2.39. The molecule has 0 aromatic carbocycles. The summed E-state index contributed by atoms with van der Waals surface area (Å²) in [4.78, 5) is 22.9. The molecule has 1 atom stereocenters. The monoisotopic (exact) mass is 199 g/mol. The van der Waals surface area contributed by atoms with Crippen LogP contribution in [0.3, 0.4) is 0 Å². The zero-order chi connectivity index (χ0) is 11.5. The van der Waals surface area contributed by atoms with Crippen molar-refractivity contribution in [2.24, 2.45) is 11.8 Å². The Bertz CT molecular complexity index is 284. The predicted octanol–water partition coefficient (Wildman–Crippen LogP) is 0.915. The first kappa shape index (κ1) is 9.24. The highest BCUT2D eigenvalue weighted by molar-refractivity contribution is 5.95. The number of carbonyl (C=O) groups is 2. The molecular formula is C10H14O4. The first-order chi connectivity index (χ1) is 7.05. The quantitative estimate of drug-likeness (QED) is 0.385. The summed E-state index contributed by atoms with van der Waals surface area (Å²) in [5, 5.41) is 0. The Morgan fingerprint density at radius 1 is 1.43 bits per heavy atom. The van der Waals surface area contributed by atoms with Crippen molar-refractivity contribution in [3.63, 3.8) is 0 Å². The SMILES string of the molecule is [2H]C1(C(C(=O)OC)C(=O)OC)C=CCC1. The maximum absolute atomic E-state index is 11.4. The lowest BCUT2D eigenvalue weighted by atomic mass is 9.92. The van der Waals surface area contributed by atoms with Gasteiger partial charge in [-0.3, -0.25) is 9.59 Å². The second-order valence-corrected chi connectivity index (χ2v) is 3.00. The Morgan fingerprint density at radius 3 is 2.36 bits per heavy atom. The van der Waals surface area contributed by atoms with Crippen molar-refractivity contribution < 1.29 is 20.4 Å². The fourth-order valence-electron chi connectivity index (χ4n) is 1.44. The van der Waals surface area contributed by atoms with Gasteiger partial charge in [0.15, 0.2) is 5.92 Å². The van der Waals surface area contributed by atoms with Gasteiger partial charge in [-0.25, -0.2) is 0 Å². The Labute approximate surface area is 84.3 Å². The minimum atomic E-state index is -1.22. The van der Waals surface area contributed by atoms with Crippen molar-refractivity contribution in [2.75, 3.05) is 14.2 Å². The Morgan fingerprint density at radius 2 is 2.00 bits per heavy atom. The van der Waals surface area contributed by atoms with Gasteiger partial charge in [0.25, 0.3) is 0 Å².